The Morgan fingerprint density at radius 2 is 1.76 bits per heavy atom. The van der Waals surface area contributed by atoms with Crippen molar-refractivity contribution >= 4 is 11.6 Å². The molecule has 0 fully saturated rings. The maximum Gasteiger partial charge on any atom is 0.416 e. The lowest BCUT2D eigenvalue weighted by Crippen LogP contribution is -2.29. The number of halogens is 6. The van der Waals surface area contributed by atoms with Gasteiger partial charge < -0.3 is 4.90 Å². The van der Waals surface area contributed by atoms with Crippen LogP contribution in [0.2, 0.25) is 0 Å². The molecular weight excluding hydrogens is 350 g/mol. The highest BCUT2D eigenvalue weighted by Gasteiger charge is 2.38. The third kappa shape index (κ3) is 4.49. The number of likely N-dealkylation sites (N-methyl/N-ethyl adjacent to an activating group) is 1. The highest BCUT2D eigenvalue weighted by molar-refractivity contribution is 5.94. The lowest BCUT2D eigenvalue weighted by molar-refractivity contribution is -0.143. The van der Waals surface area contributed by atoms with Gasteiger partial charge in [0.15, 0.2) is 0 Å². The van der Waals surface area contributed by atoms with Gasteiger partial charge in [0.2, 0.25) is 5.91 Å². The molecule has 0 aliphatic carbocycles. The van der Waals surface area contributed by atoms with Crippen LogP contribution in [0.15, 0.2) is 42.7 Å². The van der Waals surface area contributed by atoms with Gasteiger partial charge in [-0.3, -0.25) is 9.78 Å². The van der Waals surface area contributed by atoms with Crippen LogP contribution in [-0.2, 0) is 23.6 Å². The molecule has 134 valence electrons. The molecule has 0 aliphatic heterocycles. The summed E-state index contributed by atoms with van der Waals surface area (Å²) in [6, 6.07) is 4.30. The Morgan fingerprint density at radius 1 is 1.08 bits per heavy atom. The molecule has 3 nitrogen and oxygen atoms in total. The summed E-state index contributed by atoms with van der Waals surface area (Å²) in [5, 5.41) is 0. The molecule has 25 heavy (non-hydrogen) atoms. The van der Waals surface area contributed by atoms with Crippen molar-refractivity contribution in [3.63, 3.8) is 0 Å². The van der Waals surface area contributed by atoms with E-state index in [2.05, 4.69) is 4.98 Å². The van der Waals surface area contributed by atoms with Crippen LogP contribution in [-0.4, -0.2) is 17.9 Å². The maximum absolute atomic E-state index is 13.1. The second-order valence-corrected chi connectivity index (χ2v) is 5.21. The fourth-order valence-corrected chi connectivity index (χ4v) is 2.15. The lowest BCUT2D eigenvalue weighted by atomic mass is 10.00. The van der Waals surface area contributed by atoms with Crippen molar-refractivity contribution in [1.29, 1.82) is 0 Å². The van der Waals surface area contributed by atoms with Crippen LogP contribution >= 0.6 is 0 Å². The van der Waals surface area contributed by atoms with Crippen LogP contribution in [0.1, 0.15) is 16.7 Å². The second-order valence-electron chi connectivity index (χ2n) is 5.21. The van der Waals surface area contributed by atoms with Crippen LogP contribution in [0.25, 0.3) is 0 Å². The smallest absolute Gasteiger partial charge is 0.314 e. The van der Waals surface area contributed by atoms with Crippen molar-refractivity contribution in [2.45, 2.75) is 18.8 Å². The molecule has 0 unspecified atom stereocenters. The number of hydrogen-bond acceptors (Lipinski definition) is 2. The second kappa shape index (κ2) is 6.73. The summed E-state index contributed by atoms with van der Waals surface area (Å²) in [5.74, 6) is -0.710. The normalized spacial score (nSPS) is 12.1. The summed E-state index contributed by atoms with van der Waals surface area (Å²) in [6.45, 7) is 0. The lowest BCUT2D eigenvalue weighted by Gasteiger charge is -2.19. The maximum atomic E-state index is 13.1. The van der Waals surface area contributed by atoms with E-state index in [1.165, 1.54) is 25.5 Å². The number of hydrogen-bond donors (Lipinski definition) is 0. The average Bonchev–Trinajstić information content (AvgIpc) is 2.53. The summed E-state index contributed by atoms with van der Waals surface area (Å²) in [6.07, 6.45) is -7.81. The van der Waals surface area contributed by atoms with E-state index >= 15 is 0 Å². The number of alkyl halides is 6. The van der Waals surface area contributed by atoms with Gasteiger partial charge in [0.05, 0.1) is 29.4 Å². The van der Waals surface area contributed by atoms with Gasteiger partial charge in [-0.1, -0.05) is 6.07 Å². The molecule has 0 N–H and O–H groups in total. The van der Waals surface area contributed by atoms with E-state index in [1.807, 2.05) is 0 Å². The molecule has 0 bridgehead atoms. The van der Waals surface area contributed by atoms with Gasteiger partial charge in [0.1, 0.15) is 0 Å². The Morgan fingerprint density at radius 3 is 2.28 bits per heavy atom. The number of pyridine rings is 1. The molecule has 0 aliphatic rings. The Balaban J connectivity index is 2.34. The Kier molecular flexibility index (Phi) is 5.05. The van der Waals surface area contributed by atoms with E-state index in [9.17, 15) is 31.1 Å². The van der Waals surface area contributed by atoms with E-state index in [0.717, 1.165) is 4.90 Å². The molecule has 0 saturated heterocycles. The third-order valence-electron chi connectivity index (χ3n) is 3.49. The topological polar surface area (TPSA) is 33.2 Å². The number of anilines is 1. The van der Waals surface area contributed by atoms with Crippen molar-refractivity contribution < 1.29 is 31.1 Å². The first kappa shape index (κ1) is 18.8. The van der Waals surface area contributed by atoms with Gasteiger partial charge in [0, 0.05) is 13.2 Å². The molecule has 2 rings (SSSR count). The molecule has 0 spiro atoms. The molecule has 0 saturated carbocycles. The average molecular weight is 362 g/mol. The highest BCUT2D eigenvalue weighted by Crippen LogP contribution is 2.37. The van der Waals surface area contributed by atoms with Crippen molar-refractivity contribution in [2.24, 2.45) is 0 Å². The van der Waals surface area contributed by atoms with Gasteiger partial charge in [-0.15, -0.1) is 0 Å². The fourth-order valence-electron chi connectivity index (χ4n) is 2.15. The summed E-state index contributed by atoms with van der Waals surface area (Å²) < 4.78 is 77.2. The molecule has 9 heteroatoms. The number of nitrogens with zero attached hydrogens (tertiary/aromatic N) is 2. The van der Waals surface area contributed by atoms with Crippen LogP contribution in [0, 0.1) is 0 Å². The predicted octanol–water partition coefficient (Wildman–Crippen LogP) is 4.32. The molecule has 1 aromatic heterocycles. The van der Waals surface area contributed by atoms with Gasteiger partial charge in [-0.05, 0) is 29.8 Å². The SMILES string of the molecule is CN(C(=O)Cc1ccc(C(F)(F)F)cc1C(F)(F)F)c1cccnc1. The first-order chi connectivity index (χ1) is 11.5. The van der Waals surface area contributed by atoms with Crippen LogP contribution < -0.4 is 4.90 Å². The monoisotopic (exact) mass is 362 g/mol. The van der Waals surface area contributed by atoms with E-state index < -0.39 is 41.4 Å². The minimum atomic E-state index is -5.01. The number of amides is 1. The molecule has 1 aromatic carbocycles. The Hall–Kier alpha value is -2.58. The zero-order valence-corrected chi connectivity index (χ0v) is 12.8. The van der Waals surface area contributed by atoms with Crippen LogP contribution in [0.4, 0.5) is 32.0 Å². The zero-order chi connectivity index (χ0) is 18.8. The predicted molar refractivity (Wildman–Crippen MR) is 77.8 cm³/mol. The molecule has 0 radical (unpaired) electrons. The highest BCUT2D eigenvalue weighted by atomic mass is 19.4. The van der Waals surface area contributed by atoms with Crippen LogP contribution in [0.5, 0.6) is 0 Å². The summed E-state index contributed by atoms with van der Waals surface area (Å²) in [4.78, 5) is 17.1. The van der Waals surface area contributed by atoms with Gasteiger partial charge in [0.25, 0.3) is 0 Å². The summed E-state index contributed by atoms with van der Waals surface area (Å²) in [7, 11) is 1.34. The van der Waals surface area contributed by atoms with E-state index in [4.69, 9.17) is 0 Å². The van der Waals surface area contributed by atoms with Crippen LogP contribution in [0.3, 0.4) is 0 Å². The number of rotatable bonds is 3. The van der Waals surface area contributed by atoms with Crippen molar-refractivity contribution in [3.8, 4) is 0 Å². The van der Waals surface area contributed by atoms with Crippen molar-refractivity contribution in [2.75, 3.05) is 11.9 Å². The number of carbonyl (C=O) groups is 1. The standard InChI is InChI=1S/C16H12F6N2O/c1-24(12-3-2-6-23-9-12)14(25)7-10-4-5-11(15(17,18)19)8-13(10)16(20,21)22/h2-6,8-9H,7H2,1H3. The van der Waals surface area contributed by atoms with Gasteiger partial charge in [-0.25, -0.2) is 0 Å². The first-order valence-electron chi connectivity index (χ1n) is 6.94. The third-order valence-corrected chi connectivity index (χ3v) is 3.49. The number of carbonyl (C=O) groups excluding carboxylic acids is 1. The van der Waals surface area contributed by atoms with Gasteiger partial charge in [-0.2, -0.15) is 26.3 Å². The number of benzene rings is 1. The van der Waals surface area contributed by atoms with E-state index in [0.29, 0.717) is 17.8 Å². The van der Waals surface area contributed by atoms with E-state index in [1.54, 1.807) is 6.07 Å². The molecule has 0 atom stereocenters. The van der Waals surface area contributed by atoms with Gasteiger partial charge >= 0.3 is 12.4 Å². The van der Waals surface area contributed by atoms with Crippen molar-refractivity contribution in [1.82, 2.24) is 4.98 Å². The summed E-state index contributed by atoms with van der Waals surface area (Å²) >= 11 is 0. The van der Waals surface area contributed by atoms with Crippen molar-refractivity contribution in [3.05, 3.63) is 59.4 Å². The molecule has 2 aromatic rings. The van der Waals surface area contributed by atoms with E-state index in [-0.39, 0.29) is 6.07 Å². The molecular formula is C16H12F6N2O. The fraction of sp³-hybridized carbons (Fsp3) is 0.250. The Bertz CT molecular complexity index is 755. The largest absolute Gasteiger partial charge is 0.416 e. The molecule has 1 amide bonds. The zero-order valence-electron chi connectivity index (χ0n) is 12.8. The number of aromatic nitrogens is 1. The summed E-state index contributed by atoms with van der Waals surface area (Å²) in [5.41, 5.74) is -3.07. The quantitative estimate of drug-likeness (QED) is 0.762. The first-order valence-corrected chi connectivity index (χ1v) is 6.94. The Labute approximate surface area is 138 Å². The minimum Gasteiger partial charge on any atom is -0.314 e. The molecule has 1 heterocycles. The minimum absolute atomic E-state index is 0.0205.